The van der Waals surface area contributed by atoms with Crippen molar-refractivity contribution in [2.24, 2.45) is 0 Å². The third-order valence-electron chi connectivity index (χ3n) is 5.19. The molecule has 12 heteroatoms. The van der Waals surface area contributed by atoms with Crippen LogP contribution in [0.4, 0.5) is 0 Å². The van der Waals surface area contributed by atoms with E-state index in [1.807, 2.05) is 0 Å². The molecule has 3 fully saturated rings. The summed E-state index contributed by atoms with van der Waals surface area (Å²) in [4.78, 5) is 11.4. The van der Waals surface area contributed by atoms with Gasteiger partial charge in [0.25, 0.3) is 0 Å². The highest BCUT2D eigenvalue weighted by atomic mass is 16.8. The van der Waals surface area contributed by atoms with Crippen LogP contribution in [-0.4, -0.2) is 112 Å². The summed E-state index contributed by atoms with van der Waals surface area (Å²) in [6, 6.07) is -1.24. The summed E-state index contributed by atoms with van der Waals surface area (Å²) >= 11 is 0. The van der Waals surface area contributed by atoms with E-state index in [-0.39, 0.29) is 6.61 Å². The smallest absolute Gasteiger partial charge is 0.217 e. The van der Waals surface area contributed by atoms with Gasteiger partial charge in [-0.2, -0.15) is 0 Å². The summed E-state index contributed by atoms with van der Waals surface area (Å²) in [7, 11) is 0. The van der Waals surface area contributed by atoms with E-state index in [2.05, 4.69) is 5.32 Å². The lowest BCUT2D eigenvalue weighted by Crippen LogP contribution is -2.68. The molecule has 10 atom stereocenters. The van der Waals surface area contributed by atoms with E-state index in [4.69, 9.17) is 23.7 Å². The molecule has 0 aromatic rings. The molecule has 0 bridgehead atoms. The highest BCUT2D eigenvalue weighted by Crippen LogP contribution is 2.34. The van der Waals surface area contributed by atoms with Gasteiger partial charge in [-0.25, -0.2) is 0 Å². The summed E-state index contributed by atoms with van der Waals surface area (Å²) in [5.41, 5.74) is 0. The van der Waals surface area contributed by atoms with Crippen LogP contribution in [0.15, 0.2) is 0 Å². The summed E-state index contributed by atoms with van der Waals surface area (Å²) in [5, 5.41) is 53.4. The highest BCUT2D eigenvalue weighted by Gasteiger charge is 2.53. The molecule has 6 N–H and O–H groups in total. The van der Waals surface area contributed by atoms with E-state index in [1.165, 1.54) is 6.92 Å². The van der Waals surface area contributed by atoms with E-state index >= 15 is 0 Å². The second-order valence-corrected chi connectivity index (χ2v) is 7.88. The maximum Gasteiger partial charge on any atom is 0.217 e. The first-order valence-corrected chi connectivity index (χ1v) is 9.42. The molecule has 0 aliphatic carbocycles. The largest absolute Gasteiger partial charge is 0.394 e. The van der Waals surface area contributed by atoms with Crippen LogP contribution in [0.2, 0.25) is 0 Å². The molecule has 3 rings (SSSR count). The Morgan fingerprint density at radius 2 is 1.83 bits per heavy atom. The van der Waals surface area contributed by atoms with Crippen LogP contribution in [0, 0.1) is 0 Å². The minimum atomic E-state index is -1.58. The van der Waals surface area contributed by atoms with Crippen LogP contribution in [0.3, 0.4) is 0 Å². The van der Waals surface area contributed by atoms with E-state index < -0.39 is 79.7 Å². The lowest BCUT2D eigenvalue weighted by molar-refractivity contribution is -0.395. The first-order valence-electron chi connectivity index (χ1n) is 9.42. The molecule has 168 valence electrons. The third-order valence-corrected chi connectivity index (χ3v) is 5.19. The number of ether oxygens (including phenoxy) is 5. The van der Waals surface area contributed by atoms with Crippen LogP contribution in [0.25, 0.3) is 0 Å². The molecule has 0 aromatic heterocycles. The van der Waals surface area contributed by atoms with Crippen molar-refractivity contribution >= 4 is 5.91 Å². The van der Waals surface area contributed by atoms with Gasteiger partial charge in [0.15, 0.2) is 18.4 Å². The van der Waals surface area contributed by atoms with Crippen molar-refractivity contribution in [1.82, 2.24) is 5.32 Å². The Kier molecular flexibility index (Phi) is 6.80. The van der Waals surface area contributed by atoms with Crippen molar-refractivity contribution in [3.63, 3.8) is 0 Å². The Balaban J connectivity index is 1.74. The molecule has 29 heavy (non-hydrogen) atoms. The number of hydrogen-bond acceptors (Lipinski definition) is 11. The van der Waals surface area contributed by atoms with Crippen LogP contribution in [-0.2, 0) is 28.5 Å². The topological polar surface area (TPSA) is 176 Å². The monoisotopic (exact) mass is 423 g/mol. The summed E-state index contributed by atoms with van der Waals surface area (Å²) in [5.74, 6) is -1.49. The standard InChI is InChI=1S/C17H29NO11/c1-6(20)18-9-10(21)13(7(4-19)26-15(9)24)28-16-12(23)11(22)14-8(27-16)5-25-17(2,3)29-14/h7-16,19,21-24H,4-5H2,1-3H3,(H,18,20)/t7-,8-,9-,10-,11-,12-,13-,14+,15?,16+/m1/s1. The van der Waals surface area contributed by atoms with Gasteiger partial charge >= 0.3 is 0 Å². The molecule has 3 aliphatic heterocycles. The van der Waals surface area contributed by atoms with E-state index in [0.29, 0.717) is 0 Å². The maximum atomic E-state index is 11.4. The molecule has 0 aromatic carbocycles. The number of carbonyl (C=O) groups is 1. The van der Waals surface area contributed by atoms with Crippen molar-refractivity contribution in [2.45, 2.75) is 87.9 Å². The number of amides is 1. The van der Waals surface area contributed by atoms with E-state index in [9.17, 15) is 30.3 Å². The number of rotatable bonds is 4. The molecule has 1 amide bonds. The lowest BCUT2D eigenvalue weighted by Gasteiger charge is -2.50. The van der Waals surface area contributed by atoms with Crippen molar-refractivity contribution < 1.29 is 54.0 Å². The SMILES string of the molecule is CC(=O)N[C@H]1C(O)O[C@H](CO)[C@@H](O[C@@H]2O[C@@H]3COC(C)(C)O[C@@H]3[C@H](O)[C@H]2O)[C@@H]1O. The minimum Gasteiger partial charge on any atom is -0.394 e. The Labute approximate surface area is 167 Å². The van der Waals surface area contributed by atoms with Crippen molar-refractivity contribution in [3.05, 3.63) is 0 Å². The van der Waals surface area contributed by atoms with Crippen LogP contribution >= 0.6 is 0 Å². The molecular weight excluding hydrogens is 394 g/mol. The average molecular weight is 423 g/mol. The van der Waals surface area contributed by atoms with Crippen molar-refractivity contribution in [1.29, 1.82) is 0 Å². The number of nitrogens with one attached hydrogen (secondary N) is 1. The summed E-state index contributed by atoms with van der Waals surface area (Å²) < 4.78 is 27.7. The predicted molar refractivity (Wildman–Crippen MR) is 92.0 cm³/mol. The molecule has 3 saturated heterocycles. The Hall–Kier alpha value is -0.930. The van der Waals surface area contributed by atoms with E-state index in [0.717, 1.165) is 0 Å². The van der Waals surface area contributed by atoms with Gasteiger partial charge in [-0.3, -0.25) is 4.79 Å². The normalized spacial score (nSPS) is 47.3. The molecule has 3 heterocycles. The van der Waals surface area contributed by atoms with Gasteiger partial charge in [0.2, 0.25) is 5.91 Å². The molecule has 3 aliphatic rings. The van der Waals surface area contributed by atoms with Crippen LogP contribution < -0.4 is 5.32 Å². The predicted octanol–water partition coefficient (Wildman–Crippen LogP) is -3.46. The Morgan fingerprint density at radius 1 is 1.14 bits per heavy atom. The van der Waals surface area contributed by atoms with Gasteiger partial charge in [-0.05, 0) is 13.8 Å². The summed E-state index contributed by atoms with van der Waals surface area (Å²) in [6.07, 6.45) is -11.5. The Morgan fingerprint density at radius 3 is 2.45 bits per heavy atom. The Bertz CT molecular complexity index is 588. The highest BCUT2D eigenvalue weighted by molar-refractivity contribution is 5.73. The number of aliphatic hydroxyl groups is 5. The first kappa shape index (κ1) is 22.7. The summed E-state index contributed by atoms with van der Waals surface area (Å²) in [6.45, 7) is 3.98. The minimum absolute atomic E-state index is 0.0711. The second kappa shape index (κ2) is 8.67. The lowest BCUT2D eigenvalue weighted by atomic mass is 9.95. The fourth-order valence-corrected chi connectivity index (χ4v) is 3.74. The third kappa shape index (κ3) is 4.71. The number of carbonyl (C=O) groups excluding carboxylic acids is 1. The molecule has 0 saturated carbocycles. The zero-order valence-electron chi connectivity index (χ0n) is 16.4. The second-order valence-electron chi connectivity index (χ2n) is 7.88. The van der Waals surface area contributed by atoms with Gasteiger partial charge in [0.05, 0.1) is 13.2 Å². The molecule has 12 nitrogen and oxygen atoms in total. The van der Waals surface area contributed by atoms with Crippen molar-refractivity contribution in [2.75, 3.05) is 13.2 Å². The number of aliphatic hydroxyl groups excluding tert-OH is 5. The zero-order chi connectivity index (χ0) is 21.5. The number of hydrogen-bond donors (Lipinski definition) is 6. The van der Waals surface area contributed by atoms with E-state index in [1.54, 1.807) is 13.8 Å². The average Bonchev–Trinajstić information content (AvgIpc) is 2.64. The fourth-order valence-electron chi connectivity index (χ4n) is 3.74. The zero-order valence-corrected chi connectivity index (χ0v) is 16.4. The van der Waals surface area contributed by atoms with Crippen LogP contribution in [0.1, 0.15) is 20.8 Å². The van der Waals surface area contributed by atoms with Gasteiger partial charge in [-0.15, -0.1) is 0 Å². The number of fused-ring (bicyclic) bond motifs is 1. The van der Waals surface area contributed by atoms with Gasteiger partial charge in [0, 0.05) is 6.92 Å². The van der Waals surface area contributed by atoms with Gasteiger partial charge in [0.1, 0.15) is 48.8 Å². The quantitative estimate of drug-likeness (QED) is 0.265. The van der Waals surface area contributed by atoms with Crippen molar-refractivity contribution in [3.8, 4) is 0 Å². The molecule has 0 radical (unpaired) electrons. The first-order chi connectivity index (χ1) is 13.5. The maximum absolute atomic E-state index is 11.4. The molecule has 1 unspecified atom stereocenters. The molecular formula is C17H29NO11. The van der Waals surface area contributed by atoms with Gasteiger partial charge < -0.3 is 54.5 Å². The fraction of sp³-hybridized carbons (Fsp3) is 0.941. The van der Waals surface area contributed by atoms with Gasteiger partial charge in [-0.1, -0.05) is 0 Å². The van der Waals surface area contributed by atoms with Crippen LogP contribution in [0.5, 0.6) is 0 Å². The molecule has 0 spiro atoms.